The molecule has 0 aliphatic carbocycles. The summed E-state index contributed by atoms with van der Waals surface area (Å²) in [5.41, 5.74) is 3.83. The lowest BCUT2D eigenvalue weighted by Crippen LogP contribution is -2.17. The van der Waals surface area contributed by atoms with Gasteiger partial charge in [0.2, 0.25) is 0 Å². The van der Waals surface area contributed by atoms with Gasteiger partial charge in [0.05, 0.1) is 0 Å². The first-order valence-electron chi connectivity index (χ1n) is 9.59. The van der Waals surface area contributed by atoms with Crippen molar-refractivity contribution in [3.63, 3.8) is 0 Å². The average Bonchev–Trinajstić information content (AvgIpc) is 2.72. The van der Waals surface area contributed by atoms with Crippen LogP contribution < -0.4 is 5.32 Å². The van der Waals surface area contributed by atoms with E-state index in [9.17, 15) is 0 Å². The van der Waals surface area contributed by atoms with Crippen molar-refractivity contribution >= 4 is 35.0 Å². The Labute approximate surface area is 182 Å². The van der Waals surface area contributed by atoms with Crippen molar-refractivity contribution in [2.24, 2.45) is 0 Å². The predicted molar refractivity (Wildman–Crippen MR) is 124 cm³/mol. The van der Waals surface area contributed by atoms with E-state index >= 15 is 0 Å². The molecule has 0 radical (unpaired) electrons. The van der Waals surface area contributed by atoms with Crippen LogP contribution in [0, 0.1) is 0 Å². The van der Waals surface area contributed by atoms with E-state index in [1.54, 1.807) is 17.8 Å². The number of hydrogen-bond donors (Lipinski definition) is 1. The third-order valence-corrected chi connectivity index (χ3v) is 6.40. The van der Waals surface area contributed by atoms with E-state index in [4.69, 9.17) is 23.2 Å². The molecule has 1 atom stereocenters. The zero-order valence-electron chi connectivity index (χ0n) is 16.0. The summed E-state index contributed by atoms with van der Waals surface area (Å²) in [7, 11) is 0. The van der Waals surface area contributed by atoms with Crippen LogP contribution in [0.1, 0.15) is 36.0 Å². The van der Waals surface area contributed by atoms with E-state index in [-0.39, 0.29) is 0 Å². The second kappa shape index (κ2) is 10.9. The molecule has 0 aliphatic rings. The Morgan fingerprint density at radius 1 is 0.893 bits per heavy atom. The summed E-state index contributed by atoms with van der Waals surface area (Å²) in [6.07, 6.45) is 1.09. The van der Waals surface area contributed by atoms with Crippen LogP contribution in [0.4, 0.5) is 0 Å². The molecule has 0 aliphatic heterocycles. The van der Waals surface area contributed by atoms with Crippen molar-refractivity contribution in [2.45, 2.75) is 29.9 Å². The van der Waals surface area contributed by atoms with Crippen LogP contribution in [0.2, 0.25) is 10.0 Å². The van der Waals surface area contributed by atoms with Crippen molar-refractivity contribution in [1.82, 2.24) is 5.32 Å². The maximum atomic E-state index is 6.29. The Morgan fingerprint density at radius 2 is 1.61 bits per heavy atom. The summed E-state index contributed by atoms with van der Waals surface area (Å²) in [6.45, 7) is 4.17. The summed E-state index contributed by atoms with van der Waals surface area (Å²) in [5, 5.41) is 4.85. The van der Waals surface area contributed by atoms with E-state index in [2.05, 4.69) is 66.8 Å². The summed E-state index contributed by atoms with van der Waals surface area (Å²) in [5.74, 6) is 1.24. The zero-order valence-corrected chi connectivity index (χ0v) is 18.3. The first kappa shape index (κ1) is 21.3. The quantitative estimate of drug-likeness (QED) is 0.280. The molecule has 0 aromatic heterocycles. The number of nitrogens with one attached hydrogen (secondary N) is 1. The van der Waals surface area contributed by atoms with Gasteiger partial charge < -0.3 is 5.32 Å². The SMILES string of the molecule is CCNCCC(c1ccccc1)c1ccc(SCc2ccc(Cl)cc2Cl)cc1. The monoisotopic (exact) mass is 429 g/mol. The predicted octanol–water partition coefficient (Wildman–Crippen LogP) is 7.42. The fourth-order valence-electron chi connectivity index (χ4n) is 3.23. The summed E-state index contributed by atoms with van der Waals surface area (Å²) in [6, 6.07) is 25.4. The lowest BCUT2D eigenvalue weighted by molar-refractivity contribution is 0.628. The van der Waals surface area contributed by atoms with Crippen molar-refractivity contribution in [2.75, 3.05) is 13.1 Å². The fraction of sp³-hybridized carbons (Fsp3) is 0.250. The minimum Gasteiger partial charge on any atom is -0.317 e. The molecule has 1 N–H and O–H groups in total. The highest BCUT2D eigenvalue weighted by atomic mass is 35.5. The molecule has 0 spiro atoms. The first-order chi connectivity index (χ1) is 13.7. The van der Waals surface area contributed by atoms with Gasteiger partial charge in [-0.1, -0.05) is 78.7 Å². The second-order valence-electron chi connectivity index (χ2n) is 6.70. The van der Waals surface area contributed by atoms with Crippen molar-refractivity contribution in [3.05, 3.63) is 99.5 Å². The molecular formula is C24H25Cl2NS. The molecule has 146 valence electrons. The molecule has 1 unspecified atom stereocenters. The summed E-state index contributed by atoms with van der Waals surface area (Å²) in [4.78, 5) is 1.24. The van der Waals surface area contributed by atoms with Gasteiger partial charge in [-0.2, -0.15) is 0 Å². The van der Waals surface area contributed by atoms with Crippen LogP contribution in [0.3, 0.4) is 0 Å². The Morgan fingerprint density at radius 3 is 2.29 bits per heavy atom. The van der Waals surface area contributed by atoms with Gasteiger partial charge in [-0.15, -0.1) is 11.8 Å². The largest absolute Gasteiger partial charge is 0.317 e. The highest BCUT2D eigenvalue weighted by Crippen LogP contribution is 2.32. The highest BCUT2D eigenvalue weighted by Gasteiger charge is 2.14. The van der Waals surface area contributed by atoms with Crippen molar-refractivity contribution in [3.8, 4) is 0 Å². The number of hydrogen-bond acceptors (Lipinski definition) is 2. The molecular weight excluding hydrogens is 405 g/mol. The van der Waals surface area contributed by atoms with Crippen LogP contribution in [-0.4, -0.2) is 13.1 Å². The number of benzene rings is 3. The molecule has 3 aromatic rings. The normalized spacial score (nSPS) is 12.1. The maximum Gasteiger partial charge on any atom is 0.0461 e. The molecule has 0 bridgehead atoms. The number of thioether (sulfide) groups is 1. The van der Waals surface area contributed by atoms with Gasteiger partial charge in [-0.25, -0.2) is 0 Å². The van der Waals surface area contributed by atoms with Crippen molar-refractivity contribution < 1.29 is 0 Å². The molecule has 28 heavy (non-hydrogen) atoms. The smallest absolute Gasteiger partial charge is 0.0461 e. The van der Waals surface area contributed by atoms with Crippen LogP contribution in [0.5, 0.6) is 0 Å². The minimum absolute atomic E-state index is 0.407. The summed E-state index contributed by atoms with van der Waals surface area (Å²) >= 11 is 14.1. The molecule has 4 heteroatoms. The van der Waals surface area contributed by atoms with Gasteiger partial charge >= 0.3 is 0 Å². The average molecular weight is 430 g/mol. The van der Waals surface area contributed by atoms with E-state index in [0.717, 1.165) is 35.8 Å². The zero-order chi connectivity index (χ0) is 19.8. The molecule has 0 amide bonds. The summed E-state index contributed by atoms with van der Waals surface area (Å²) < 4.78 is 0. The van der Waals surface area contributed by atoms with Crippen molar-refractivity contribution in [1.29, 1.82) is 0 Å². The van der Waals surface area contributed by atoms with Gasteiger partial charge in [-0.3, -0.25) is 0 Å². The standard InChI is InChI=1S/C24H25Cl2NS/c1-2-27-15-14-23(18-6-4-3-5-7-18)19-9-12-22(13-10-19)28-17-20-8-11-21(25)16-24(20)26/h3-13,16,23,27H,2,14-15,17H2,1H3. The molecule has 0 heterocycles. The molecule has 0 saturated carbocycles. The Hall–Kier alpha value is -1.45. The highest BCUT2D eigenvalue weighted by molar-refractivity contribution is 7.98. The Balaban J connectivity index is 1.69. The molecule has 3 rings (SSSR count). The van der Waals surface area contributed by atoms with Gasteiger partial charge in [0, 0.05) is 26.6 Å². The van der Waals surface area contributed by atoms with E-state index in [1.165, 1.54) is 16.0 Å². The second-order valence-corrected chi connectivity index (χ2v) is 8.59. The Bertz CT molecular complexity index is 866. The van der Waals surface area contributed by atoms with Crippen LogP contribution in [0.15, 0.2) is 77.7 Å². The van der Waals surface area contributed by atoms with Gasteiger partial charge in [0.15, 0.2) is 0 Å². The fourth-order valence-corrected chi connectivity index (χ4v) is 4.69. The third-order valence-electron chi connectivity index (χ3n) is 4.75. The molecule has 3 aromatic carbocycles. The molecule has 0 saturated heterocycles. The van der Waals surface area contributed by atoms with Gasteiger partial charge in [0.25, 0.3) is 0 Å². The van der Waals surface area contributed by atoms with Crippen LogP contribution in [0.25, 0.3) is 0 Å². The van der Waals surface area contributed by atoms with E-state index < -0.39 is 0 Å². The first-order valence-corrected chi connectivity index (χ1v) is 11.3. The molecule has 0 fully saturated rings. The van der Waals surface area contributed by atoms with E-state index in [0.29, 0.717) is 10.9 Å². The third kappa shape index (κ3) is 6.02. The Kier molecular flexibility index (Phi) is 8.29. The van der Waals surface area contributed by atoms with Gasteiger partial charge in [-0.05, 0) is 60.5 Å². The maximum absolute atomic E-state index is 6.29. The van der Waals surface area contributed by atoms with Crippen LogP contribution in [-0.2, 0) is 5.75 Å². The van der Waals surface area contributed by atoms with E-state index in [1.807, 2.05) is 12.1 Å². The van der Waals surface area contributed by atoms with Crippen LogP contribution >= 0.6 is 35.0 Å². The lowest BCUT2D eigenvalue weighted by atomic mass is 9.88. The van der Waals surface area contributed by atoms with Gasteiger partial charge in [0.1, 0.15) is 0 Å². The minimum atomic E-state index is 0.407. The molecule has 1 nitrogen and oxygen atoms in total. The number of rotatable bonds is 9. The topological polar surface area (TPSA) is 12.0 Å². The number of halogens is 2. The lowest BCUT2D eigenvalue weighted by Gasteiger charge is -2.19.